The smallest absolute Gasteiger partial charge is 0.250 e. The quantitative estimate of drug-likeness (QED) is 0.737. The summed E-state index contributed by atoms with van der Waals surface area (Å²) in [5.41, 5.74) is 5.68. The van der Waals surface area contributed by atoms with E-state index < -0.39 is 23.4 Å². The Morgan fingerprint density at radius 1 is 1.05 bits per heavy atom. The molecule has 3 rings (SSSR count). The maximum absolute atomic E-state index is 14.0. The number of pyridine rings is 1. The molecule has 0 saturated carbocycles. The molecule has 0 fully saturated rings. The highest BCUT2D eigenvalue weighted by atomic mass is 19.2. The van der Waals surface area contributed by atoms with Gasteiger partial charge in [0.05, 0.1) is 11.1 Å². The molecule has 0 radical (unpaired) electrons. The van der Waals surface area contributed by atoms with E-state index >= 15 is 0 Å². The summed E-state index contributed by atoms with van der Waals surface area (Å²) >= 11 is 0. The Balaban J connectivity index is 2.30. The molecule has 110 valence electrons. The second-order valence-electron chi connectivity index (χ2n) is 4.71. The molecule has 2 aromatic carbocycles. The van der Waals surface area contributed by atoms with Crippen LogP contribution >= 0.6 is 0 Å². The van der Waals surface area contributed by atoms with Crippen molar-refractivity contribution in [1.29, 1.82) is 0 Å². The van der Waals surface area contributed by atoms with Gasteiger partial charge in [0.15, 0.2) is 11.6 Å². The monoisotopic (exact) mass is 302 g/mol. The SMILES string of the molecule is NC(=O)c1cnc2c(-c3cc(F)cc(F)c3F)cccc2c1. The van der Waals surface area contributed by atoms with Crippen molar-refractivity contribution in [3.05, 3.63) is 65.6 Å². The molecule has 6 heteroatoms. The number of aromatic nitrogens is 1. The number of benzene rings is 2. The molecule has 1 amide bonds. The van der Waals surface area contributed by atoms with Crippen LogP contribution in [0, 0.1) is 17.5 Å². The summed E-state index contributed by atoms with van der Waals surface area (Å²) in [6.07, 6.45) is 1.24. The van der Waals surface area contributed by atoms with Crippen LogP contribution in [0.1, 0.15) is 10.4 Å². The van der Waals surface area contributed by atoms with Crippen molar-refractivity contribution in [2.75, 3.05) is 0 Å². The van der Waals surface area contributed by atoms with Crippen molar-refractivity contribution in [3.8, 4) is 11.1 Å². The number of hydrogen-bond acceptors (Lipinski definition) is 2. The first kappa shape index (κ1) is 14.1. The summed E-state index contributed by atoms with van der Waals surface area (Å²) in [4.78, 5) is 15.2. The molecule has 0 saturated heterocycles. The Bertz CT molecular complexity index is 909. The van der Waals surface area contributed by atoms with E-state index in [-0.39, 0.29) is 16.7 Å². The second kappa shape index (κ2) is 5.14. The fourth-order valence-corrected chi connectivity index (χ4v) is 2.26. The van der Waals surface area contributed by atoms with Gasteiger partial charge in [0.2, 0.25) is 5.91 Å². The fourth-order valence-electron chi connectivity index (χ4n) is 2.26. The molecule has 22 heavy (non-hydrogen) atoms. The topological polar surface area (TPSA) is 56.0 Å². The van der Waals surface area contributed by atoms with Crippen LogP contribution in [0.5, 0.6) is 0 Å². The average molecular weight is 302 g/mol. The summed E-state index contributed by atoms with van der Waals surface area (Å²) < 4.78 is 40.7. The van der Waals surface area contributed by atoms with E-state index in [1.165, 1.54) is 18.3 Å². The summed E-state index contributed by atoms with van der Waals surface area (Å²) in [5, 5.41) is 0.512. The van der Waals surface area contributed by atoms with Gasteiger partial charge in [-0.2, -0.15) is 0 Å². The van der Waals surface area contributed by atoms with Crippen LogP contribution in [0.4, 0.5) is 13.2 Å². The van der Waals surface area contributed by atoms with Crippen molar-refractivity contribution in [2.45, 2.75) is 0 Å². The molecule has 1 aromatic heterocycles. The number of amides is 1. The summed E-state index contributed by atoms with van der Waals surface area (Å²) in [6.45, 7) is 0. The zero-order valence-electron chi connectivity index (χ0n) is 11.1. The number of primary amides is 1. The number of fused-ring (bicyclic) bond motifs is 1. The Hall–Kier alpha value is -2.89. The summed E-state index contributed by atoms with van der Waals surface area (Å²) in [6, 6.07) is 7.58. The van der Waals surface area contributed by atoms with E-state index in [4.69, 9.17) is 5.73 Å². The third-order valence-corrected chi connectivity index (χ3v) is 3.28. The van der Waals surface area contributed by atoms with Crippen molar-refractivity contribution >= 4 is 16.8 Å². The molecule has 0 atom stereocenters. The lowest BCUT2D eigenvalue weighted by molar-refractivity contribution is 0.1000. The van der Waals surface area contributed by atoms with Crippen molar-refractivity contribution < 1.29 is 18.0 Å². The molecule has 0 aliphatic carbocycles. The van der Waals surface area contributed by atoms with E-state index in [0.29, 0.717) is 17.0 Å². The maximum Gasteiger partial charge on any atom is 0.250 e. The number of hydrogen-bond donors (Lipinski definition) is 1. The fraction of sp³-hybridized carbons (Fsp3) is 0. The van der Waals surface area contributed by atoms with Crippen molar-refractivity contribution in [2.24, 2.45) is 5.73 Å². The number of rotatable bonds is 2. The molecule has 0 aliphatic heterocycles. The van der Waals surface area contributed by atoms with E-state index in [1.807, 2.05) is 0 Å². The largest absolute Gasteiger partial charge is 0.366 e. The lowest BCUT2D eigenvalue weighted by Crippen LogP contribution is -2.11. The summed E-state index contributed by atoms with van der Waals surface area (Å²) in [7, 11) is 0. The van der Waals surface area contributed by atoms with E-state index in [0.717, 1.165) is 6.07 Å². The predicted molar refractivity (Wildman–Crippen MR) is 75.6 cm³/mol. The Kier molecular flexibility index (Phi) is 3.29. The number of carbonyl (C=O) groups excluding carboxylic acids is 1. The molecule has 3 nitrogen and oxygen atoms in total. The number of nitrogens with two attached hydrogens (primary N) is 1. The molecule has 0 bridgehead atoms. The lowest BCUT2D eigenvalue weighted by Gasteiger charge is -2.09. The van der Waals surface area contributed by atoms with Gasteiger partial charge in [-0.25, -0.2) is 13.2 Å². The van der Waals surface area contributed by atoms with Crippen LogP contribution in [0.3, 0.4) is 0 Å². The Labute approximate surface area is 123 Å². The predicted octanol–water partition coefficient (Wildman–Crippen LogP) is 3.42. The van der Waals surface area contributed by atoms with Gasteiger partial charge in [0.1, 0.15) is 5.82 Å². The van der Waals surface area contributed by atoms with Crippen molar-refractivity contribution in [3.63, 3.8) is 0 Å². The first-order valence-electron chi connectivity index (χ1n) is 6.31. The standard InChI is InChI=1S/C16H9F3N2O/c17-10-5-12(14(19)13(18)6-10)11-3-1-2-8-4-9(16(20)22)7-21-15(8)11/h1-7H,(H2,20,22). The molecule has 3 aromatic rings. The minimum Gasteiger partial charge on any atom is -0.366 e. The third kappa shape index (κ3) is 2.28. The highest BCUT2D eigenvalue weighted by Gasteiger charge is 2.16. The number of para-hydroxylation sites is 1. The van der Waals surface area contributed by atoms with E-state index in [2.05, 4.69) is 4.98 Å². The maximum atomic E-state index is 14.0. The zero-order valence-corrected chi connectivity index (χ0v) is 11.1. The molecule has 0 spiro atoms. The number of carbonyl (C=O) groups is 1. The van der Waals surface area contributed by atoms with Gasteiger partial charge in [0, 0.05) is 28.8 Å². The normalized spacial score (nSPS) is 10.9. The molecule has 0 unspecified atom stereocenters. The van der Waals surface area contributed by atoms with Crippen molar-refractivity contribution in [1.82, 2.24) is 4.98 Å². The van der Waals surface area contributed by atoms with Crippen LogP contribution in [0.15, 0.2) is 42.6 Å². The third-order valence-electron chi connectivity index (χ3n) is 3.28. The molecule has 0 aliphatic rings. The molecule has 2 N–H and O–H groups in total. The highest BCUT2D eigenvalue weighted by Crippen LogP contribution is 2.31. The van der Waals surface area contributed by atoms with Gasteiger partial charge in [-0.3, -0.25) is 9.78 Å². The van der Waals surface area contributed by atoms with Crippen LogP contribution in [-0.4, -0.2) is 10.9 Å². The minimum absolute atomic E-state index is 0.190. The first-order valence-corrected chi connectivity index (χ1v) is 6.31. The van der Waals surface area contributed by atoms with E-state index in [9.17, 15) is 18.0 Å². The van der Waals surface area contributed by atoms with Crippen LogP contribution in [0.2, 0.25) is 0 Å². The summed E-state index contributed by atoms with van der Waals surface area (Å²) in [5.74, 6) is -3.97. The van der Waals surface area contributed by atoms with Gasteiger partial charge in [-0.1, -0.05) is 18.2 Å². The van der Waals surface area contributed by atoms with E-state index in [1.54, 1.807) is 12.1 Å². The second-order valence-corrected chi connectivity index (χ2v) is 4.71. The molecule has 1 heterocycles. The van der Waals surface area contributed by atoms with Crippen LogP contribution in [-0.2, 0) is 0 Å². The van der Waals surface area contributed by atoms with Gasteiger partial charge in [-0.05, 0) is 12.1 Å². The van der Waals surface area contributed by atoms with Crippen LogP contribution < -0.4 is 5.73 Å². The zero-order chi connectivity index (χ0) is 15.9. The van der Waals surface area contributed by atoms with Gasteiger partial charge in [0.25, 0.3) is 0 Å². The van der Waals surface area contributed by atoms with Gasteiger partial charge >= 0.3 is 0 Å². The number of halogens is 3. The van der Waals surface area contributed by atoms with Crippen LogP contribution in [0.25, 0.3) is 22.0 Å². The molecular formula is C16H9F3N2O. The number of nitrogens with zero attached hydrogens (tertiary/aromatic N) is 1. The minimum atomic E-state index is -1.28. The average Bonchev–Trinajstić information content (AvgIpc) is 2.49. The van der Waals surface area contributed by atoms with Gasteiger partial charge < -0.3 is 5.73 Å². The molecular weight excluding hydrogens is 293 g/mol. The van der Waals surface area contributed by atoms with Gasteiger partial charge in [-0.15, -0.1) is 0 Å². The lowest BCUT2D eigenvalue weighted by atomic mass is 10.0. The first-order chi connectivity index (χ1) is 10.5. The Morgan fingerprint density at radius 2 is 1.82 bits per heavy atom. The Morgan fingerprint density at radius 3 is 2.55 bits per heavy atom. The highest BCUT2D eigenvalue weighted by molar-refractivity contribution is 5.99.